The molecule has 1 aliphatic carbocycles. The van der Waals surface area contributed by atoms with Crippen molar-refractivity contribution in [2.45, 2.75) is 25.3 Å². The molecule has 1 aliphatic heterocycles. The van der Waals surface area contributed by atoms with Crippen molar-refractivity contribution in [1.29, 1.82) is 0 Å². The molecule has 0 radical (unpaired) electrons. The normalized spacial score (nSPS) is 20.0. The highest BCUT2D eigenvalue weighted by molar-refractivity contribution is 5.80. The first-order valence-electron chi connectivity index (χ1n) is 7.85. The summed E-state index contributed by atoms with van der Waals surface area (Å²) in [6.07, 6.45) is 3.68. The molecule has 0 aromatic heterocycles. The van der Waals surface area contributed by atoms with Gasteiger partial charge in [0.2, 0.25) is 0 Å². The first kappa shape index (κ1) is 15.1. The standard InChI is InChI=1S/C16H22F2N4/c1-19-16(20-13-3-2-4-13)22-9-7-21(8-10-22)15-11-12(17)5-6-14(15)18/h5-6,11,13H,2-4,7-10H2,1H3,(H,19,20). The molecule has 1 saturated heterocycles. The van der Waals surface area contributed by atoms with Gasteiger partial charge < -0.3 is 15.1 Å². The first-order valence-corrected chi connectivity index (χ1v) is 7.85. The second kappa shape index (κ2) is 6.50. The maximum Gasteiger partial charge on any atom is 0.193 e. The third kappa shape index (κ3) is 3.15. The molecule has 120 valence electrons. The number of nitrogens with zero attached hydrogens (tertiary/aromatic N) is 3. The molecule has 1 aromatic carbocycles. The molecule has 1 heterocycles. The lowest BCUT2D eigenvalue weighted by atomic mass is 9.93. The van der Waals surface area contributed by atoms with Gasteiger partial charge in [-0.3, -0.25) is 4.99 Å². The molecule has 0 bridgehead atoms. The Morgan fingerprint density at radius 3 is 2.50 bits per heavy atom. The highest BCUT2D eigenvalue weighted by atomic mass is 19.1. The maximum atomic E-state index is 13.8. The summed E-state index contributed by atoms with van der Waals surface area (Å²) in [7, 11) is 1.79. The molecule has 0 atom stereocenters. The smallest absolute Gasteiger partial charge is 0.193 e. The molecule has 4 nitrogen and oxygen atoms in total. The van der Waals surface area contributed by atoms with Crippen LogP contribution in [0.3, 0.4) is 0 Å². The van der Waals surface area contributed by atoms with Gasteiger partial charge in [-0.15, -0.1) is 0 Å². The number of hydrogen-bond acceptors (Lipinski definition) is 2. The zero-order chi connectivity index (χ0) is 15.5. The monoisotopic (exact) mass is 308 g/mol. The second-order valence-electron chi connectivity index (χ2n) is 5.89. The predicted octanol–water partition coefficient (Wildman–Crippen LogP) is 2.21. The van der Waals surface area contributed by atoms with Gasteiger partial charge >= 0.3 is 0 Å². The predicted molar refractivity (Wildman–Crippen MR) is 84.3 cm³/mol. The summed E-state index contributed by atoms with van der Waals surface area (Å²) in [5, 5.41) is 3.47. The summed E-state index contributed by atoms with van der Waals surface area (Å²) in [5.74, 6) is 0.150. The molecular weight excluding hydrogens is 286 g/mol. The number of rotatable bonds is 2. The van der Waals surface area contributed by atoms with Crippen molar-refractivity contribution in [3.05, 3.63) is 29.8 Å². The van der Waals surface area contributed by atoms with Crippen molar-refractivity contribution < 1.29 is 8.78 Å². The highest BCUT2D eigenvalue weighted by Crippen LogP contribution is 2.22. The molecule has 2 fully saturated rings. The van der Waals surface area contributed by atoms with Crippen molar-refractivity contribution in [3.8, 4) is 0 Å². The summed E-state index contributed by atoms with van der Waals surface area (Å²) in [5.41, 5.74) is 0.349. The van der Waals surface area contributed by atoms with Crippen LogP contribution < -0.4 is 10.2 Å². The SMILES string of the molecule is CN=C(NC1CCC1)N1CCN(c2cc(F)ccc2F)CC1. The van der Waals surface area contributed by atoms with Crippen molar-refractivity contribution in [2.24, 2.45) is 4.99 Å². The Morgan fingerprint density at radius 1 is 1.18 bits per heavy atom. The van der Waals surface area contributed by atoms with E-state index in [1.54, 1.807) is 7.05 Å². The molecule has 1 N–H and O–H groups in total. The Kier molecular flexibility index (Phi) is 4.45. The van der Waals surface area contributed by atoms with Gasteiger partial charge in [-0.25, -0.2) is 8.78 Å². The summed E-state index contributed by atoms with van der Waals surface area (Å²) in [6.45, 7) is 2.82. The molecule has 3 rings (SSSR count). The third-order valence-corrected chi connectivity index (χ3v) is 4.48. The van der Waals surface area contributed by atoms with E-state index >= 15 is 0 Å². The fourth-order valence-electron chi connectivity index (χ4n) is 2.92. The van der Waals surface area contributed by atoms with Gasteiger partial charge in [0, 0.05) is 45.3 Å². The number of hydrogen-bond donors (Lipinski definition) is 1. The Hall–Kier alpha value is -1.85. The van der Waals surface area contributed by atoms with E-state index < -0.39 is 5.82 Å². The number of anilines is 1. The summed E-state index contributed by atoms with van der Waals surface area (Å²) >= 11 is 0. The number of guanidine groups is 1. The molecule has 22 heavy (non-hydrogen) atoms. The van der Waals surface area contributed by atoms with Gasteiger partial charge in [-0.2, -0.15) is 0 Å². The van der Waals surface area contributed by atoms with Crippen LogP contribution >= 0.6 is 0 Å². The Morgan fingerprint density at radius 2 is 1.91 bits per heavy atom. The average molecular weight is 308 g/mol. The van der Waals surface area contributed by atoms with Gasteiger partial charge in [0.15, 0.2) is 5.96 Å². The summed E-state index contributed by atoms with van der Waals surface area (Å²) < 4.78 is 27.2. The number of nitrogens with one attached hydrogen (secondary N) is 1. The fourth-order valence-corrected chi connectivity index (χ4v) is 2.92. The number of piperazine rings is 1. The van der Waals surface area contributed by atoms with Crippen molar-refractivity contribution in [2.75, 3.05) is 38.1 Å². The Labute approximate surface area is 129 Å². The second-order valence-corrected chi connectivity index (χ2v) is 5.89. The molecule has 0 unspecified atom stereocenters. The number of aliphatic imine (C=N–C) groups is 1. The lowest BCUT2D eigenvalue weighted by molar-refractivity contribution is 0.331. The Balaban J connectivity index is 1.60. The van der Waals surface area contributed by atoms with Gasteiger partial charge in [-0.05, 0) is 31.4 Å². The van der Waals surface area contributed by atoms with E-state index in [0.29, 0.717) is 24.8 Å². The molecular formula is C16H22F2N4. The van der Waals surface area contributed by atoms with Crippen LogP contribution in [0, 0.1) is 11.6 Å². The quantitative estimate of drug-likeness (QED) is 0.671. The molecule has 6 heteroatoms. The zero-order valence-electron chi connectivity index (χ0n) is 12.9. The minimum Gasteiger partial charge on any atom is -0.366 e. The van der Waals surface area contributed by atoms with Crippen LogP contribution in [0.1, 0.15) is 19.3 Å². The van der Waals surface area contributed by atoms with Crippen LogP contribution in [0.25, 0.3) is 0 Å². The van der Waals surface area contributed by atoms with Gasteiger partial charge in [0.1, 0.15) is 11.6 Å². The molecule has 0 spiro atoms. The van der Waals surface area contributed by atoms with Gasteiger partial charge in [-0.1, -0.05) is 0 Å². The van der Waals surface area contributed by atoms with E-state index in [2.05, 4.69) is 15.2 Å². The van der Waals surface area contributed by atoms with E-state index in [4.69, 9.17) is 0 Å². The fraction of sp³-hybridized carbons (Fsp3) is 0.562. The topological polar surface area (TPSA) is 30.9 Å². The van der Waals surface area contributed by atoms with E-state index in [9.17, 15) is 8.78 Å². The number of halogens is 2. The van der Waals surface area contributed by atoms with Crippen LogP contribution in [0.4, 0.5) is 14.5 Å². The summed E-state index contributed by atoms with van der Waals surface area (Å²) in [4.78, 5) is 8.42. The van der Waals surface area contributed by atoms with Gasteiger partial charge in [0.25, 0.3) is 0 Å². The lowest BCUT2D eigenvalue weighted by Gasteiger charge is -2.39. The van der Waals surface area contributed by atoms with Crippen molar-refractivity contribution >= 4 is 11.6 Å². The zero-order valence-corrected chi connectivity index (χ0v) is 12.9. The minimum atomic E-state index is -0.402. The minimum absolute atomic E-state index is 0.349. The van der Waals surface area contributed by atoms with Crippen LogP contribution in [-0.4, -0.2) is 50.1 Å². The molecule has 2 aliphatic rings. The Bertz CT molecular complexity index is 549. The lowest BCUT2D eigenvalue weighted by Crippen LogP contribution is -2.55. The average Bonchev–Trinajstić information content (AvgIpc) is 2.49. The van der Waals surface area contributed by atoms with E-state index in [1.165, 1.54) is 31.4 Å². The summed E-state index contributed by atoms with van der Waals surface area (Å²) in [6, 6.07) is 4.15. The van der Waals surface area contributed by atoms with E-state index in [-0.39, 0.29) is 5.82 Å². The van der Waals surface area contributed by atoms with Crippen LogP contribution in [-0.2, 0) is 0 Å². The molecule has 0 amide bonds. The van der Waals surface area contributed by atoms with E-state index in [0.717, 1.165) is 25.1 Å². The van der Waals surface area contributed by atoms with Crippen LogP contribution in [0.5, 0.6) is 0 Å². The van der Waals surface area contributed by atoms with Gasteiger partial charge in [0.05, 0.1) is 5.69 Å². The van der Waals surface area contributed by atoms with Crippen molar-refractivity contribution in [3.63, 3.8) is 0 Å². The van der Waals surface area contributed by atoms with Crippen molar-refractivity contribution in [1.82, 2.24) is 10.2 Å². The van der Waals surface area contributed by atoms with E-state index in [1.807, 2.05) is 4.90 Å². The van der Waals surface area contributed by atoms with Crippen LogP contribution in [0.2, 0.25) is 0 Å². The molecule has 1 aromatic rings. The van der Waals surface area contributed by atoms with Crippen LogP contribution in [0.15, 0.2) is 23.2 Å². The largest absolute Gasteiger partial charge is 0.366 e. The highest BCUT2D eigenvalue weighted by Gasteiger charge is 2.25. The first-order chi connectivity index (χ1) is 10.7. The third-order valence-electron chi connectivity index (χ3n) is 4.48. The molecule has 1 saturated carbocycles. The number of benzene rings is 1. The maximum absolute atomic E-state index is 13.8.